The number of rotatable bonds is 5. The summed E-state index contributed by atoms with van der Waals surface area (Å²) < 4.78 is 56.4. The van der Waals surface area contributed by atoms with E-state index in [1.807, 2.05) is 6.92 Å². The van der Waals surface area contributed by atoms with Crippen LogP contribution in [0.1, 0.15) is 17.3 Å². The Morgan fingerprint density at radius 1 is 1.10 bits per heavy atom. The molecule has 30 heavy (non-hydrogen) atoms. The number of morpholine rings is 1. The van der Waals surface area contributed by atoms with Gasteiger partial charge in [-0.15, -0.1) is 0 Å². The Labute approximate surface area is 180 Å². The lowest BCUT2D eigenvalue weighted by Gasteiger charge is -2.31. The molecule has 1 atom stereocenters. The second kappa shape index (κ2) is 8.54. The molecule has 0 saturated carbocycles. The Morgan fingerprint density at radius 3 is 2.33 bits per heavy atom. The van der Waals surface area contributed by atoms with Gasteiger partial charge in [0.25, 0.3) is 15.9 Å². The van der Waals surface area contributed by atoms with Gasteiger partial charge in [-0.3, -0.25) is 9.52 Å². The third-order valence-electron chi connectivity index (χ3n) is 4.54. The highest BCUT2D eigenvalue weighted by Crippen LogP contribution is 2.25. The van der Waals surface area contributed by atoms with Gasteiger partial charge in [0.2, 0.25) is 0 Å². The van der Waals surface area contributed by atoms with Crippen LogP contribution in [0.3, 0.4) is 0 Å². The fraction of sp³-hybridized carbons (Fsp3) is 0.316. The number of anilines is 1. The lowest BCUT2D eigenvalue weighted by molar-refractivity contribution is -0.0124. The fourth-order valence-corrected chi connectivity index (χ4v) is 4.91. The minimum absolute atomic E-state index is 0.0737. The first-order valence-corrected chi connectivity index (χ1v) is 12.8. The van der Waals surface area contributed by atoms with E-state index < -0.39 is 19.9 Å². The molecule has 1 aliphatic heterocycles. The highest BCUT2D eigenvalue weighted by atomic mass is 35.5. The number of nitrogens with one attached hydrogen (secondary N) is 1. The number of sulfonamides is 1. The first-order chi connectivity index (χ1) is 14.0. The zero-order chi connectivity index (χ0) is 22.1. The summed E-state index contributed by atoms with van der Waals surface area (Å²) in [6.07, 6.45) is 0.943. The van der Waals surface area contributed by atoms with Crippen molar-refractivity contribution >= 4 is 43.1 Å². The first kappa shape index (κ1) is 22.5. The summed E-state index contributed by atoms with van der Waals surface area (Å²) >= 11 is 6.17. The second-order valence-corrected chi connectivity index (χ2v) is 11.1. The molecule has 0 radical (unpaired) electrons. The van der Waals surface area contributed by atoms with Gasteiger partial charge in [0, 0.05) is 25.0 Å². The number of nitrogens with zero attached hydrogens (tertiary/aromatic N) is 1. The molecule has 0 aromatic heterocycles. The molecular formula is C19H21ClN2O6S2. The number of hydrogen-bond donors (Lipinski definition) is 1. The fourth-order valence-electron chi connectivity index (χ4n) is 2.99. The zero-order valence-electron chi connectivity index (χ0n) is 16.3. The van der Waals surface area contributed by atoms with Gasteiger partial charge in [-0.05, 0) is 49.4 Å². The summed E-state index contributed by atoms with van der Waals surface area (Å²) in [5, 5.41) is 0.149. The smallest absolute Gasteiger partial charge is 0.261 e. The van der Waals surface area contributed by atoms with Gasteiger partial charge in [0.1, 0.15) is 0 Å². The van der Waals surface area contributed by atoms with Crippen LogP contribution in [0.5, 0.6) is 0 Å². The molecule has 1 heterocycles. The molecular weight excluding hydrogens is 452 g/mol. The summed E-state index contributed by atoms with van der Waals surface area (Å²) in [7, 11) is -7.42. The number of carbonyl (C=O) groups is 1. The highest BCUT2D eigenvalue weighted by molar-refractivity contribution is 7.92. The number of hydrogen-bond acceptors (Lipinski definition) is 6. The Balaban J connectivity index is 1.86. The van der Waals surface area contributed by atoms with Gasteiger partial charge >= 0.3 is 0 Å². The lowest BCUT2D eigenvalue weighted by atomic mass is 10.1. The van der Waals surface area contributed by atoms with Crippen LogP contribution >= 0.6 is 11.6 Å². The van der Waals surface area contributed by atoms with E-state index in [1.165, 1.54) is 42.5 Å². The predicted molar refractivity (Wildman–Crippen MR) is 113 cm³/mol. The van der Waals surface area contributed by atoms with Crippen molar-refractivity contribution in [1.29, 1.82) is 0 Å². The quantitative estimate of drug-likeness (QED) is 0.715. The predicted octanol–water partition coefficient (Wildman–Crippen LogP) is 2.41. The van der Waals surface area contributed by atoms with Crippen LogP contribution in [-0.2, 0) is 24.6 Å². The minimum atomic E-state index is -4.03. The van der Waals surface area contributed by atoms with Crippen molar-refractivity contribution in [3.63, 3.8) is 0 Å². The van der Waals surface area contributed by atoms with E-state index in [2.05, 4.69) is 4.72 Å². The van der Waals surface area contributed by atoms with Crippen LogP contribution in [0.15, 0.2) is 52.3 Å². The van der Waals surface area contributed by atoms with Crippen molar-refractivity contribution in [2.45, 2.75) is 22.8 Å². The maximum atomic E-state index is 12.8. The van der Waals surface area contributed by atoms with Gasteiger partial charge in [-0.2, -0.15) is 0 Å². The topological polar surface area (TPSA) is 110 Å². The van der Waals surface area contributed by atoms with Gasteiger partial charge in [0.05, 0.1) is 33.1 Å². The maximum Gasteiger partial charge on any atom is 0.261 e. The first-order valence-electron chi connectivity index (χ1n) is 9.01. The number of benzene rings is 2. The van der Waals surface area contributed by atoms with Crippen LogP contribution in [-0.4, -0.2) is 59.7 Å². The van der Waals surface area contributed by atoms with E-state index in [1.54, 1.807) is 4.90 Å². The molecule has 0 spiro atoms. The van der Waals surface area contributed by atoms with E-state index in [-0.39, 0.29) is 38.1 Å². The molecule has 162 valence electrons. The molecule has 2 aromatic rings. The average molecular weight is 473 g/mol. The molecule has 1 aliphatic rings. The molecule has 3 rings (SSSR count). The second-order valence-electron chi connectivity index (χ2n) is 6.98. The van der Waals surface area contributed by atoms with Crippen LogP contribution in [0.2, 0.25) is 5.02 Å². The van der Waals surface area contributed by atoms with Crippen LogP contribution < -0.4 is 4.72 Å². The van der Waals surface area contributed by atoms with Crippen LogP contribution in [0, 0.1) is 0 Å². The Kier molecular flexibility index (Phi) is 6.42. The minimum Gasteiger partial charge on any atom is -0.375 e. The number of ether oxygens (including phenoxy) is 1. The molecule has 0 bridgehead atoms. The Morgan fingerprint density at radius 2 is 1.73 bits per heavy atom. The molecule has 1 saturated heterocycles. The maximum absolute atomic E-state index is 12.8. The summed E-state index contributed by atoms with van der Waals surface area (Å²) in [5.41, 5.74) is 0.272. The Hall–Kier alpha value is -2.14. The molecule has 1 fully saturated rings. The van der Waals surface area contributed by atoms with Crippen LogP contribution in [0.25, 0.3) is 0 Å². The van der Waals surface area contributed by atoms with Crippen molar-refractivity contribution in [1.82, 2.24) is 4.90 Å². The number of sulfone groups is 1. The summed E-state index contributed by atoms with van der Waals surface area (Å²) in [5.74, 6) is -0.371. The van der Waals surface area contributed by atoms with Crippen molar-refractivity contribution in [2.75, 3.05) is 30.7 Å². The van der Waals surface area contributed by atoms with E-state index in [4.69, 9.17) is 16.3 Å². The normalized spacial score (nSPS) is 17.6. The van der Waals surface area contributed by atoms with E-state index in [9.17, 15) is 21.6 Å². The monoisotopic (exact) mass is 472 g/mol. The van der Waals surface area contributed by atoms with E-state index in [0.29, 0.717) is 19.7 Å². The van der Waals surface area contributed by atoms with Crippen LogP contribution in [0.4, 0.5) is 5.69 Å². The molecule has 1 amide bonds. The molecule has 11 heteroatoms. The van der Waals surface area contributed by atoms with Crippen molar-refractivity contribution in [2.24, 2.45) is 0 Å². The van der Waals surface area contributed by atoms with Gasteiger partial charge in [0.15, 0.2) is 9.84 Å². The number of halogens is 1. The summed E-state index contributed by atoms with van der Waals surface area (Å²) in [6, 6.07) is 9.22. The largest absolute Gasteiger partial charge is 0.375 e. The van der Waals surface area contributed by atoms with Crippen molar-refractivity contribution in [3.8, 4) is 0 Å². The average Bonchev–Trinajstić information content (AvgIpc) is 2.67. The molecule has 2 aromatic carbocycles. The third-order valence-corrected chi connectivity index (χ3v) is 7.38. The standard InChI is InChI=1S/C19H21ClN2O6S2/c1-13-12-22(9-10-28-13)19(23)17-11-16(7-8-18(17)20)30(26,27)21-14-3-5-15(6-4-14)29(2,24)25/h3-8,11,13,21H,9-10,12H2,1-2H3. The highest BCUT2D eigenvalue weighted by Gasteiger charge is 2.26. The molecule has 8 nitrogen and oxygen atoms in total. The number of amides is 1. The molecule has 1 unspecified atom stereocenters. The van der Waals surface area contributed by atoms with E-state index >= 15 is 0 Å². The number of carbonyl (C=O) groups excluding carboxylic acids is 1. The zero-order valence-corrected chi connectivity index (χ0v) is 18.7. The van der Waals surface area contributed by atoms with Crippen molar-refractivity contribution in [3.05, 3.63) is 53.1 Å². The molecule has 0 aliphatic carbocycles. The van der Waals surface area contributed by atoms with Gasteiger partial charge < -0.3 is 9.64 Å². The van der Waals surface area contributed by atoms with Gasteiger partial charge in [-0.1, -0.05) is 11.6 Å². The van der Waals surface area contributed by atoms with Crippen molar-refractivity contribution < 1.29 is 26.4 Å². The lowest BCUT2D eigenvalue weighted by Crippen LogP contribution is -2.44. The summed E-state index contributed by atoms with van der Waals surface area (Å²) in [4.78, 5) is 14.4. The van der Waals surface area contributed by atoms with Gasteiger partial charge in [-0.25, -0.2) is 16.8 Å². The molecule has 1 N–H and O–H groups in total. The van der Waals surface area contributed by atoms with E-state index in [0.717, 1.165) is 6.26 Å². The SMILES string of the molecule is CC1CN(C(=O)c2cc(S(=O)(=O)Nc3ccc(S(C)(=O)=O)cc3)ccc2Cl)CCO1. The Bertz CT molecular complexity index is 1160. The third kappa shape index (κ3) is 5.12. The summed E-state index contributed by atoms with van der Waals surface area (Å²) in [6.45, 7) is 3.02.